The number of aryl methyl sites for hydroxylation is 1. The molecule has 0 saturated carbocycles. The Hall–Kier alpha value is -1.77. The molecule has 1 rings (SSSR count). The van der Waals surface area contributed by atoms with Crippen LogP contribution in [0.25, 0.3) is 0 Å². The average Bonchev–Trinajstić information content (AvgIpc) is 2.40. The summed E-state index contributed by atoms with van der Waals surface area (Å²) in [5.74, 6) is -0.115. The maximum absolute atomic E-state index is 12.0. The topological polar surface area (TPSA) is 40.5 Å². The van der Waals surface area contributed by atoms with Gasteiger partial charge in [0.25, 0.3) is 0 Å². The monoisotopic (exact) mass is 247 g/mol. The predicted octanol–water partition coefficient (Wildman–Crippen LogP) is 2.99. The summed E-state index contributed by atoms with van der Waals surface area (Å²) in [7, 11) is 0. The molecule has 18 heavy (non-hydrogen) atoms. The van der Waals surface area contributed by atoms with E-state index in [-0.39, 0.29) is 11.5 Å². The quantitative estimate of drug-likeness (QED) is 0.620. The molecular formula is C15H21NO2. The van der Waals surface area contributed by atoms with Crippen LogP contribution in [-0.2, 0) is 6.42 Å². The first-order chi connectivity index (χ1) is 8.62. The highest BCUT2D eigenvalue weighted by atomic mass is 16.3. The molecule has 1 aromatic carbocycles. The van der Waals surface area contributed by atoms with Gasteiger partial charge in [0.15, 0.2) is 5.78 Å². The highest BCUT2D eigenvalue weighted by molar-refractivity contribution is 6.06. The second-order valence-electron chi connectivity index (χ2n) is 4.11. The second kappa shape index (κ2) is 6.84. The third-order valence-corrected chi connectivity index (χ3v) is 2.98. The van der Waals surface area contributed by atoms with Crippen molar-refractivity contribution in [1.82, 2.24) is 4.90 Å². The van der Waals surface area contributed by atoms with Gasteiger partial charge in [-0.05, 0) is 38.0 Å². The molecule has 1 N–H and O–H groups in total. The van der Waals surface area contributed by atoms with Crippen molar-refractivity contribution in [3.63, 3.8) is 0 Å². The zero-order valence-corrected chi connectivity index (χ0v) is 11.3. The molecule has 3 heteroatoms. The minimum atomic E-state index is -0.158. The Kier molecular flexibility index (Phi) is 5.43. The van der Waals surface area contributed by atoms with Crippen molar-refractivity contribution in [2.75, 3.05) is 13.1 Å². The molecule has 3 nitrogen and oxygen atoms in total. The SMILES string of the molecule is CCc1ccc(O)c(C(=O)C=CN(CC)CC)c1. The van der Waals surface area contributed by atoms with Gasteiger partial charge in [0.2, 0.25) is 0 Å². The van der Waals surface area contributed by atoms with Gasteiger partial charge in [-0.25, -0.2) is 0 Å². The summed E-state index contributed by atoms with van der Waals surface area (Å²) in [4.78, 5) is 14.0. The van der Waals surface area contributed by atoms with Crippen molar-refractivity contribution in [3.05, 3.63) is 41.6 Å². The number of carbonyl (C=O) groups excluding carboxylic acids is 1. The molecule has 0 aliphatic heterocycles. The number of aromatic hydroxyl groups is 1. The lowest BCUT2D eigenvalue weighted by atomic mass is 10.0. The number of hydrogen-bond acceptors (Lipinski definition) is 3. The van der Waals surface area contributed by atoms with Gasteiger partial charge >= 0.3 is 0 Å². The van der Waals surface area contributed by atoms with Crippen LogP contribution < -0.4 is 0 Å². The summed E-state index contributed by atoms with van der Waals surface area (Å²) < 4.78 is 0. The van der Waals surface area contributed by atoms with Crippen molar-refractivity contribution in [1.29, 1.82) is 0 Å². The molecular weight excluding hydrogens is 226 g/mol. The van der Waals surface area contributed by atoms with Crippen LogP contribution in [0.1, 0.15) is 36.7 Å². The molecule has 0 amide bonds. The van der Waals surface area contributed by atoms with Crippen LogP contribution >= 0.6 is 0 Å². The number of allylic oxidation sites excluding steroid dienone is 1. The van der Waals surface area contributed by atoms with Crippen LogP contribution in [0.3, 0.4) is 0 Å². The zero-order valence-electron chi connectivity index (χ0n) is 11.3. The van der Waals surface area contributed by atoms with Crippen LogP contribution in [0.4, 0.5) is 0 Å². The Bertz CT molecular complexity index is 434. The molecule has 0 heterocycles. The smallest absolute Gasteiger partial charge is 0.191 e. The molecule has 1 aromatic rings. The molecule has 0 bridgehead atoms. The number of phenolic OH excluding ortho intramolecular Hbond substituents is 1. The molecule has 0 fully saturated rings. The lowest BCUT2D eigenvalue weighted by molar-refractivity contribution is 0.104. The maximum Gasteiger partial charge on any atom is 0.191 e. The van der Waals surface area contributed by atoms with Crippen molar-refractivity contribution >= 4 is 5.78 Å². The van der Waals surface area contributed by atoms with Crippen molar-refractivity contribution in [3.8, 4) is 5.75 Å². The minimum absolute atomic E-state index is 0.0430. The van der Waals surface area contributed by atoms with E-state index in [1.54, 1.807) is 18.3 Å². The largest absolute Gasteiger partial charge is 0.507 e. The first kappa shape index (κ1) is 14.3. The normalized spacial score (nSPS) is 10.8. The fraction of sp³-hybridized carbons (Fsp3) is 0.400. The highest BCUT2D eigenvalue weighted by Crippen LogP contribution is 2.19. The van der Waals surface area contributed by atoms with E-state index in [9.17, 15) is 9.90 Å². The standard InChI is InChI=1S/C15H21NO2/c1-4-12-7-8-14(17)13(11-12)15(18)9-10-16(5-2)6-3/h7-11,17H,4-6H2,1-3H3. The van der Waals surface area contributed by atoms with Gasteiger partial charge in [0.05, 0.1) is 5.56 Å². The van der Waals surface area contributed by atoms with Crippen LogP contribution in [0.5, 0.6) is 5.75 Å². The van der Waals surface area contributed by atoms with E-state index in [2.05, 4.69) is 0 Å². The van der Waals surface area contributed by atoms with Gasteiger partial charge in [0, 0.05) is 25.4 Å². The number of benzene rings is 1. The third kappa shape index (κ3) is 3.62. The molecule has 0 radical (unpaired) electrons. The summed E-state index contributed by atoms with van der Waals surface area (Å²) in [6.45, 7) is 7.82. The van der Waals surface area contributed by atoms with Crippen LogP contribution in [0.15, 0.2) is 30.5 Å². The molecule has 0 saturated heterocycles. The Morgan fingerprint density at radius 3 is 2.50 bits per heavy atom. The Morgan fingerprint density at radius 1 is 1.28 bits per heavy atom. The van der Waals surface area contributed by atoms with Gasteiger partial charge in [0.1, 0.15) is 5.75 Å². The molecule has 0 aromatic heterocycles. The number of ketones is 1. The van der Waals surface area contributed by atoms with Crippen LogP contribution in [-0.4, -0.2) is 28.9 Å². The Morgan fingerprint density at radius 2 is 1.94 bits per heavy atom. The van der Waals surface area contributed by atoms with Crippen molar-refractivity contribution in [2.24, 2.45) is 0 Å². The summed E-state index contributed by atoms with van der Waals surface area (Å²) in [6, 6.07) is 5.17. The number of nitrogens with zero attached hydrogens (tertiary/aromatic N) is 1. The number of carbonyl (C=O) groups is 1. The van der Waals surface area contributed by atoms with E-state index < -0.39 is 0 Å². The lowest BCUT2D eigenvalue weighted by Crippen LogP contribution is -2.15. The highest BCUT2D eigenvalue weighted by Gasteiger charge is 2.09. The van der Waals surface area contributed by atoms with E-state index in [4.69, 9.17) is 0 Å². The summed E-state index contributed by atoms with van der Waals surface area (Å²) in [5, 5.41) is 9.71. The van der Waals surface area contributed by atoms with Gasteiger partial charge in [-0.2, -0.15) is 0 Å². The molecule has 0 unspecified atom stereocenters. The molecule has 0 atom stereocenters. The van der Waals surface area contributed by atoms with Gasteiger partial charge in [-0.1, -0.05) is 13.0 Å². The van der Waals surface area contributed by atoms with Crippen molar-refractivity contribution in [2.45, 2.75) is 27.2 Å². The zero-order chi connectivity index (χ0) is 13.5. The Balaban J connectivity index is 2.90. The van der Waals surface area contributed by atoms with E-state index in [1.807, 2.05) is 31.7 Å². The average molecular weight is 247 g/mol. The summed E-state index contributed by atoms with van der Waals surface area (Å²) >= 11 is 0. The third-order valence-electron chi connectivity index (χ3n) is 2.98. The molecule has 98 valence electrons. The fourth-order valence-corrected chi connectivity index (χ4v) is 1.70. The number of phenols is 1. The van der Waals surface area contributed by atoms with E-state index in [0.717, 1.165) is 25.1 Å². The predicted molar refractivity (Wildman–Crippen MR) is 73.9 cm³/mol. The second-order valence-corrected chi connectivity index (χ2v) is 4.11. The van der Waals surface area contributed by atoms with Crippen LogP contribution in [0, 0.1) is 0 Å². The number of rotatable bonds is 6. The molecule has 0 aliphatic rings. The van der Waals surface area contributed by atoms with E-state index in [0.29, 0.717) is 5.56 Å². The van der Waals surface area contributed by atoms with Crippen molar-refractivity contribution < 1.29 is 9.90 Å². The summed E-state index contributed by atoms with van der Waals surface area (Å²) in [6.07, 6.45) is 4.14. The minimum Gasteiger partial charge on any atom is -0.507 e. The number of hydrogen-bond donors (Lipinski definition) is 1. The molecule has 0 spiro atoms. The van der Waals surface area contributed by atoms with Gasteiger partial charge in [-0.3, -0.25) is 4.79 Å². The first-order valence-electron chi connectivity index (χ1n) is 6.40. The Labute approximate surface area is 109 Å². The maximum atomic E-state index is 12.0. The lowest BCUT2D eigenvalue weighted by Gasteiger charge is -2.14. The van der Waals surface area contributed by atoms with Gasteiger partial charge in [-0.15, -0.1) is 0 Å². The van der Waals surface area contributed by atoms with Crippen LogP contribution in [0.2, 0.25) is 0 Å². The van der Waals surface area contributed by atoms with E-state index in [1.165, 1.54) is 6.08 Å². The molecule has 0 aliphatic carbocycles. The fourth-order valence-electron chi connectivity index (χ4n) is 1.70. The van der Waals surface area contributed by atoms with Gasteiger partial charge < -0.3 is 10.0 Å². The summed E-state index contributed by atoms with van der Waals surface area (Å²) in [5.41, 5.74) is 1.42. The first-order valence-corrected chi connectivity index (χ1v) is 6.40. The van der Waals surface area contributed by atoms with E-state index >= 15 is 0 Å².